The van der Waals surface area contributed by atoms with Gasteiger partial charge in [-0.2, -0.15) is 10.1 Å². The van der Waals surface area contributed by atoms with Gasteiger partial charge in [0.05, 0.1) is 23.2 Å². The Hall–Kier alpha value is -2.65. The van der Waals surface area contributed by atoms with E-state index < -0.39 is 11.9 Å². The van der Waals surface area contributed by atoms with E-state index in [-0.39, 0.29) is 6.04 Å². The Morgan fingerprint density at radius 1 is 1.25 bits per heavy atom. The highest BCUT2D eigenvalue weighted by Gasteiger charge is 2.26. The first-order valence-corrected chi connectivity index (χ1v) is 9.80. The lowest BCUT2D eigenvalue weighted by atomic mass is 10.2. The predicted molar refractivity (Wildman–Crippen MR) is 107 cm³/mol. The third-order valence-corrected chi connectivity index (χ3v) is 5.65. The van der Waals surface area contributed by atoms with Crippen molar-refractivity contribution in [3.05, 3.63) is 47.1 Å². The van der Waals surface area contributed by atoms with Gasteiger partial charge in [0.2, 0.25) is 5.95 Å². The Morgan fingerprint density at radius 2 is 2.14 bits per heavy atom. The van der Waals surface area contributed by atoms with Gasteiger partial charge >= 0.3 is 0 Å². The highest BCUT2D eigenvalue weighted by molar-refractivity contribution is 9.10. The number of fused-ring (bicyclic) bond motifs is 2. The van der Waals surface area contributed by atoms with Gasteiger partial charge < -0.3 is 10.4 Å². The minimum Gasteiger partial charge on any atom is -0.391 e. The minimum absolute atomic E-state index is 0.0681. The van der Waals surface area contributed by atoms with Crippen molar-refractivity contribution >= 4 is 43.8 Å². The maximum Gasteiger partial charge on any atom is 0.225 e. The van der Waals surface area contributed by atoms with E-state index in [1.165, 1.54) is 6.07 Å². The van der Waals surface area contributed by atoms with E-state index in [1.807, 2.05) is 6.07 Å². The molecule has 7 nitrogen and oxygen atoms in total. The molecule has 9 heteroatoms. The average molecular weight is 443 g/mol. The second-order valence-corrected chi connectivity index (χ2v) is 7.64. The first-order chi connectivity index (χ1) is 13.6. The van der Waals surface area contributed by atoms with Gasteiger partial charge in [0.15, 0.2) is 11.5 Å². The van der Waals surface area contributed by atoms with E-state index in [0.717, 1.165) is 19.3 Å². The third-order valence-electron chi connectivity index (χ3n) is 5.06. The molecule has 142 valence electrons. The largest absolute Gasteiger partial charge is 0.391 e. The summed E-state index contributed by atoms with van der Waals surface area (Å²) in [5.74, 6) is -0.00983. The number of aliphatic hydroxyl groups excluding tert-OH is 1. The Kier molecular flexibility index (Phi) is 4.21. The van der Waals surface area contributed by atoms with Crippen LogP contribution in [0.3, 0.4) is 0 Å². The maximum absolute atomic E-state index is 14.5. The van der Waals surface area contributed by atoms with Crippen molar-refractivity contribution in [2.24, 2.45) is 0 Å². The van der Waals surface area contributed by atoms with E-state index in [9.17, 15) is 9.50 Å². The molecule has 3 heterocycles. The smallest absolute Gasteiger partial charge is 0.225 e. The fourth-order valence-corrected chi connectivity index (χ4v) is 4.09. The number of benzene rings is 1. The van der Waals surface area contributed by atoms with Gasteiger partial charge in [0.25, 0.3) is 0 Å². The number of aromatic nitrogens is 5. The summed E-state index contributed by atoms with van der Waals surface area (Å²) in [4.78, 5) is 13.0. The van der Waals surface area contributed by atoms with Crippen LogP contribution in [0.2, 0.25) is 0 Å². The maximum atomic E-state index is 14.5. The lowest BCUT2D eigenvalue weighted by Gasteiger charge is -2.16. The molecule has 1 fully saturated rings. The number of hydrogen-bond donors (Lipinski definition) is 2. The van der Waals surface area contributed by atoms with Crippen LogP contribution in [0, 0.1) is 5.82 Å². The molecule has 1 aromatic carbocycles. The van der Waals surface area contributed by atoms with Gasteiger partial charge in [0, 0.05) is 23.8 Å². The highest BCUT2D eigenvalue weighted by Crippen LogP contribution is 2.28. The molecule has 1 saturated carbocycles. The number of halogens is 2. The topological polar surface area (TPSA) is 88.8 Å². The molecule has 3 aromatic heterocycles. The average Bonchev–Trinajstić information content (AvgIpc) is 3.25. The molecule has 0 bridgehead atoms. The van der Waals surface area contributed by atoms with Crippen LogP contribution in [-0.4, -0.2) is 42.0 Å². The Morgan fingerprint density at radius 3 is 2.96 bits per heavy atom. The van der Waals surface area contributed by atoms with Crippen molar-refractivity contribution in [2.75, 3.05) is 5.32 Å². The number of anilines is 1. The summed E-state index contributed by atoms with van der Waals surface area (Å²) >= 11 is 3.43. The summed E-state index contributed by atoms with van der Waals surface area (Å²) in [6.45, 7) is 0. The predicted octanol–water partition coefficient (Wildman–Crippen LogP) is 3.59. The molecule has 0 unspecified atom stereocenters. The molecule has 0 aliphatic heterocycles. The molecule has 5 rings (SSSR count). The van der Waals surface area contributed by atoms with Crippen LogP contribution in [0.1, 0.15) is 19.3 Å². The quantitative estimate of drug-likeness (QED) is 0.503. The molecular weight excluding hydrogens is 427 g/mol. The SMILES string of the molecule is O[C@@H]1CCC[C@@H]1Nc1ncc2c(Br)nn(-c3cc(F)c4ncccc4c3)c2n1. The van der Waals surface area contributed by atoms with Gasteiger partial charge in [0.1, 0.15) is 10.1 Å². The summed E-state index contributed by atoms with van der Waals surface area (Å²) < 4.78 is 16.7. The first kappa shape index (κ1) is 17.4. The molecule has 4 aromatic rings. The van der Waals surface area contributed by atoms with Crippen molar-refractivity contribution in [1.29, 1.82) is 0 Å². The molecule has 2 atom stereocenters. The number of rotatable bonds is 3. The molecule has 0 spiro atoms. The fraction of sp³-hybridized carbons (Fsp3) is 0.263. The number of nitrogens with one attached hydrogen (secondary N) is 1. The van der Waals surface area contributed by atoms with Crippen LogP contribution in [0.25, 0.3) is 27.6 Å². The van der Waals surface area contributed by atoms with Gasteiger partial charge in [-0.15, -0.1) is 0 Å². The van der Waals surface area contributed by atoms with Gasteiger partial charge in [-0.1, -0.05) is 6.07 Å². The molecule has 0 radical (unpaired) electrons. The zero-order chi connectivity index (χ0) is 19.3. The van der Waals surface area contributed by atoms with E-state index in [1.54, 1.807) is 29.2 Å². The van der Waals surface area contributed by atoms with Crippen LogP contribution in [0.4, 0.5) is 10.3 Å². The lowest BCUT2D eigenvalue weighted by molar-refractivity contribution is 0.171. The number of hydrogen-bond acceptors (Lipinski definition) is 6. The molecule has 0 amide bonds. The zero-order valence-corrected chi connectivity index (χ0v) is 16.3. The van der Waals surface area contributed by atoms with Crippen molar-refractivity contribution in [1.82, 2.24) is 24.7 Å². The van der Waals surface area contributed by atoms with Gasteiger partial charge in [-0.05, 0) is 47.3 Å². The summed E-state index contributed by atoms with van der Waals surface area (Å²) in [6.07, 6.45) is 5.43. The van der Waals surface area contributed by atoms with E-state index in [4.69, 9.17) is 0 Å². The summed E-state index contributed by atoms with van der Waals surface area (Å²) in [7, 11) is 0. The van der Waals surface area contributed by atoms with E-state index >= 15 is 0 Å². The van der Waals surface area contributed by atoms with Crippen LogP contribution in [0.15, 0.2) is 41.3 Å². The number of pyridine rings is 1. The van der Waals surface area contributed by atoms with Crippen molar-refractivity contribution < 1.29 is 9.50 Å². The van der Waals surface area contributed by atoms with E-state index in [2.05, 4.69) is 41.3 Å². The normalized spacial score (nSPS) is 19.5. The molecule has 0 saturated heterocycles. The number of aliphatic hydroxyl groups is 1. The minimum atomic E-state index is -0.422. The van der Waals surface area contributed by atoms with Crippen LogP contribution in [-0.2, 0) is 0 Å². The Balaban J connectivity index is 1.62. The fourth-order valence-electron chi connectivity index (χ4n) is 3.65. The van der Waals surface area contributed by atoms with Gasteiger partial charge in [-0.25, -0.2) is 14.1 Å². The van der Waals surface area contributed by atoms with E-state index in [0.29, 0.717) is 38.2 Å². The summed E-state index contributed by atoms with van der Waals surface area (Å²) in [5, 5.41) is 19.1. The standard InChI is InChI=1S/C19H16BrFN6O/c20-17-12-9-23-19(24-14-4-1-5-15(14)28)25-18(12)27(26-17)11-7-10-3-2-6-22-16(10)13(21)8-11/h2-3,6-9,14-15,28H,1,4-5H2,(H,23,24,25)/t14-,15+/m0/s1. The van der Waals surface area contributed by atoms with Crippen molar-refractivity contribution in [3.8, 4) is 5.69 Å². The Labute approximate surface area is 167 Å². The van der Waals surface area contributed by atoms with Gasteiger partial charge in [-0.3, -0.25) is 4.98 Å². The third kappa shape index (κ3) is 2.91. The lowest BCUT2D eigenvalue weighted by Crippen LogP contribution is -2.28. The first-order valence-electron chi connectivity index (χ1n) is 9.01. The second kappa shape index (κ2) is 6.75. The summed E-state index contributed by atoms with van der Waals surface area (Å²) in [6, 6.07) is 6.71. The Bertz CT molecular complexity index is 1200. The molecular formula is C19H16BrFN6O. The van der Waals surface area contributed by atoms with Crippen LogP contribution < -0.4 is 5.32 Å². The van der Waals surface area contributed by atoms with Crippen LogP contribution in [0.5, 0.6) is 0 Å². The number of nitrogens with zero attached hydrogens (tertiary/aromatic N) is 5. The van der Waals surface area contributed by atoms with Crippen molar-refractivity contribution in [2.45, 2.75) is 31.4 Å². The molecule has 28 heavy (non-hydrogen) atoms. The van der Waals surface area contributed by atoms with Crippen LogP contribution >= 0.6 is 15.9 Å². The molecule has 1 aliphatic carbocycles. The highest BCUT2D eigenvalue weighted by atomic mass is 79.9. The summed E-state index contributed by atoms with van der Waals surface area (Å²) in [5.41, 5.74) is 1.40. The second-order valence-electron chi connectivity index (χ2n) is 6.89. The monoisotopic (exact) mass is 442 g/mol. The van der Waals surface area contributed by atoms with Crippen molar-refractivity contribution in [3.63, 3.8) is 0 Å². The zero-order valence-electron chi connectivity index (χ0n) is 14.7. The molecule has 2 N–H and O–H groups in total. The molecule has 1 aliphatic rings.